The number of methoxy groups -OCH3 is 2. The number of aliphatic imine (C=N–C) groups is 1. The van der Waals surface area contributed by atoms with Crippen LogP contribution in [0.3, 0.4) is 0 Å². The quantitative estimate of drug-likeness (QED) is 0.309. The number of guanidine groups is 1. The van der Waals surface area contributed by atoms with Crippen LogP contribution in [0.15, 0.2) is 40.0 Å². The van der Waals surface area contributed by atoms with Gasteiger partial charge in [0.05, 0.1) is 14.2 Å². The van der Waals surface area contributed by atoms with Crippen LogP contribution in [0.1, 0.15) is 31.2 Å². The van der Waals surface area contributed by atoms with Gasteiger partial charge in [0, 0.05) is 56.6 Å². The van der Waals surface area contributed by atoms with Crippen molar-refractivity contribution in [2.24, 2.45) is 4.99 Å². The van der Waals surface area contributed by atoms with Crippen LogP contribution >= 0.6 is 35.3 Å². The van der Waals surface area contributed by atoms with Crippen LogP contribution in [0.2, 0.25) is 0 Å². The van der Waals surface area contributed by atoms with Gasteiger partial charge in [-0.15, -0.1) is 24.0 Å². The first-order valence-electron chi connectivity index (χ1n) is 10.1. The molecule has 1 aliphatic heterocycles. The molecule has 2 N–H and O–H groups in total. The van der Waals surface area contributed by atoms with E-state index in [1.807, 2.05) is 13.1 Å². The largest absolute Gasteiger partial charge is 0.497 e. The van der Waals surface area contributed by atoms with Crippen molar-refractivity contribution >= 4 is 47.0 Å². The number of anilines is 1. The maximum absolute atomic E-state index is 5.41. The van der Waals surface area contributed by atoms with E-state index in [4.69, 9.17) is 9.47 Å². The molecular weight excluding hydrogens is 511 g/mol. The predicted molar refractivity (Wildman–Crippen MR) is 137 cm³/mol. The predicted octanol–water partition coefficient (Wildman–Crippen LogP) is 4.32. The van der Waals surface area contributed by atoms with Crippen LogP contribution in [0.5, 0.6) is 11.5 Å². The smallest absolute Gasteiger partial charge is 0.191 e. The minimum Gasteiger partial charge on any atom is -0.497 e. The lowest BCUT2D eigenvalue weighted by molar-refractivity contribution is 0.393. The monoisotopic (exact) mass is 544 g/mol. The van der Waals surface area contributed by atoms with Gasteiger partial charge in [-0.3, -0.25) is 4.99 Å². The maximum Gasteiger partial charge on any atom is 0.191 e. The third-order valence-electron chi connectivity index (χ3n) is 5.45. The molecular formula is C22H33IN4O2S. The topological polar surface area (TPSA) is 58.1 Å². The summed E-state index contributed by atoms with van der Waals surface area (Å²) in [5.74, 6) is 2.99. The second-order valence-corrected chi connectivity index (χ2v) is 8.17. The van der Waals surface area contributed by atoms with Gasteiger partial charge in [-0.1, -0.05) is 6.92 Å². The zero-order valence-electron chi connectivity index (χ0n) is 18.2. The van der Waals surface area contributed by atoms with Crippen LogP contribution in [-0.2, 0) is 0 Å². The van der Waals surface area contributed by atoms with Crippen LogP contribution in [0.4, 0.5) is 5.69 Å². The molecule has 0 radical (unpaired) electrons. The van der Waals surface area contributed by atoms with Crippen molar-refractivity contribution in [1.29, 1.82) is 0 Å². The average Bonchev–Trinajstić information content (AvgIpc) is 3.31. The van der Waals surface area contributed by atoms with Crippen molar-refractivity contribution in [3.8, 4) is 11.5 Å². The highest BCUT2D eigenvalue weighted by atomic mass is 127. The standard InChI is InChI=1S/C22H32N4O2S.HI/c1-16(17-7-10-29-15-17)14-24-22(23-2)25-18-5-8-26(9-6-18)19-11-20(27-3)13-21(12-19)28-4;/h7,10-13,15-16,18H,5-6,8-9,14H2,1-4H3,(H2,23,24,25);1H. The van der Waals surface area contributed by atoms with Crippen LogP contribution in [0.25, 0.3) is 0 Å². The highest BCUT2D eigenvalue weighted by molar-refractivity contribution is 14.0. The Bertz CT molecular complexity index is 770. The van der Waals surface area contributed by atoms with Crippen molar-refractivity contribution in [2.75, 3.05) is 45.8 Å². The molecule has 2 heterocycles. The summed E-state index contributed by atoms with van der Waals surface area (Å²) in [4.78, 5) is 6.80. The molecule has 0 aliphatic carbocycles. The third kappa shape index (κ3) is 6.66. The lowest BCUT2D eigenvalue weighted by Crippen LogP contribution is -2.49. The van der Waals surface area contributed by atoms with E-state index in [9.17, 15) is 0 Å². The molecule has 6 nitrogen and oxygen atoms in total. The van der Waals surface area contributed by atoms with Crippen LogP contribution < -0.4 is 25.0 Å². The minimum atomic E-state index is 0. The Labute approximate surface area is 201 Å². The van der Waals surface area contributed by atoms with Crippen molar-refractivity contribution in [1.82, 2.24) is 10.6 Å². The Balaban J connectivity index is 0.00000320. The fraction of sp³-hybridized carbons (Fsp3) is 0.500. The highest BCUT2D eigenvalue weighted by Crippen LogP contribution is 2.30. The van der Waals surface area contributed by atoms with Gasteiger partial charge in [0.1, 0.15) is 11.5 Å². The number of nitrogens with zero attached hydrogens (tertiary/aromatic N) is 2. The molecule has 8 heteroatoms. The number of halogens is 1. The molecule has 30 heavy (non-hydrogen) atoms. The van der Waals surface area contributed by atoms with Crippen LogP contribution in [0, 0.1) is 0 Å². The van der Waals surface area contributed by atoms with Gasteiger partial charge in [-0.2, -0.15) is 11.3 Å². The van der Waals surface area contributed by atoms with Crippen molar-refractivity contribution in [3.63, 3.8) is 0 Å². The van der Waals surface area contributed by atoms with E-state index < -0.39 is 0 Å². The highest BCUT2D eigenvalue weighted by Gasteiger charge is 2.21. The van der Waals surface area contributed by atoms with E-state index >= 15 is 0 Å². The fourth-order valence-electron chi connectivity index (χ4n) is 3.57. The summed E-state index contributed by atoms with van der Waals surface area (Å²) in [5, 5.41) is 11.4. The number of ether oxygens (including phenoxy) is 2. The molecule has 1 saturated heterocycles. The zero-order valence-corrected chi connectivity index (χ0v) is 21.3. The lowest BCUT2D eigenvalue weighted by Gasteiger charge is -2.35. The molecule has 1 aromatic heterocycles. The SMILES string of the molecule is CN=C(NCC(C)c1ccsc1)NC1CCN(c2cc(OC)cc(OC)c2)CC1.I. The first-order chi connectivity index (χ1) is 14.1. The summed E-state index contributed by atoms with van der Waals surface area (Å²) in [6.45, 7) is 5.08. The molecule has 1 atom stereocenters. The second kappa shape index (κ2) is 12.2. The third-order valence-corrected chi connectivity index (χ3v) is 6.15. The van der Waals surface area contributed by atoms with E-state index in [0.29, 0.717) is 12.0 Å². The zero-order chi connectivity index (χ0) is 20.6. The molecule has 0 amide bonds. The Morgan fingerprint density at radius 2 is 1.87 bits per heavy atom. The Hall–Kier alpha value is -1.68. The average molecular weight is 545 g/mol. The van der Waals surface area contributed by atoms with E-state index in [1.54, 1.807) is 25.6 Å². The van der Waals surface area contributed by atoms with Gasteiger partial charge in [-0.25, -0.2) is 0 Å². The van der Waals surface area contributed by atoms with Gasteiger partial charge in [-0.05, 0) is 41.1 Å². The van der Waals surface area contributed by atoms with Crippen LogP contribution in [-0.4, -0.2) is 52.9 Å². The fourth-order valence-corrected chi connectivity index (χ4v) is 4.35. The van der Waals surface area contributed by atoms with Gasteiger partial charge in [0.15, 0.2) is 5.96 Å². The summed E-state index contributed by atoms with van der Waals surface area (Å²) in [6.07, 6.45) is 2.11. The normalized spacial score (nSPS) is 15.9. The number of piperidine rings is 1. The summed E-state index contributed by atoms with van der Waals surface area (Å²) in [7, 11) is 5.21. The molecule has 0 bridgehead atoms. The Morgan fingerprint density at radius 3 is 2.40 bits per heavy atom. The molecule has 166 valence electrons. The number of benzene rings is 1. The minimum absolute atomic E-state index is 0. The number of thiophene rings is 1. The number of hydrogen-bond acceptors (Lipinski definition) is 5. The first kappa shape index (κ1) is 24.6. The van der Waals surface area contributed by atoms with E-state index in [1.165, 1.54) is 5.56 Å². The second-order valence-electron chi connectivity index (χ2n) is 7.39. The number of hydrogen-bond donors (Lipinski definition) is 2. The Kier molecular flexibility index (Phi) is 10.0. The summed E-state index contributed by atoms with van der Waals surface area (Å²) in [5.41, 5.74) is 2.52. The number of nitrogens with one attached hydrogen (secondary N) is 2. The summed E-state index contributed by atoms with van der Waals surface area (Å²) in [6, 6.07) is 8.66. The first-order valence-corrected chi connectivity index (χ1v) is 11.0. The molecule has 1 unspecified atom stereocenters. The van der Waals surface area contributed by atoms with Gasteiger partial charge in [0.2, 0.25) is 0 Å². The molecule has 0 saturated carbocycles. The van der Waals surface area contributed by atoms with E-state index in [0.717, 1.165) is 55.6 Å². The maximum atomic E-state index is 5.41. The molecule has 0 spiro atoms. The van der Waals surface area contributed by atoms with Crippen molar-refractivity contribution < 1.29 is 9.47 Å². The number of rotatable bonds is 7. The molecule has 1 aliphatic rings. The molecule has 2 aromatic rings. The molecule has 1 aromatic carbocycles. The summed E-state index contributed by atoms with van der Waals surface area (Å²) >= 11 is 1.75. The molecule has 1 fully saturated rings. The van der Waals surface area contributed by atoms with Crippen molar-refractivity contribution in [3.05, 3.63) is 40.6 Å². The van der Waals surface area contributed by atoms with Gasteiger partial charge >= 0.3 is 0 Å². The van der Waals surface area contributed by atoms with Crippen molar-refractivity contribution in [2.45, 2.75) is 31.7 Å². The van der Waals surface area contributed by atoms with Gasteiger partial charge in [0.25, 0.3) is 0 Å². The lowest BCUT2D eigenvalue weighted by atomic mass is 10.0. The van der Waals surface area contributed by atoms with Gasteiger partial charge < -0.3 is 25.0 Å². The Morgan fingerprint density at radius 1 is 1.20 bits per heavy atom. The van der Waals surface area contributed by atoms with E-state index in [2.05, 4.69) is 56.4 Å². The molecule has 3 rings (SSSR count). The summed E-state index contributed by atoms with van der Waals surface area (Å²) < 4.78 is 10.8. The van der Waals surface area contributed by atoms with E-state index in [-0.39, 0.29) is 24.0 Å².